The van der Waals surface area contributed by atoms with Crippen LogP contribution in [0.1, 0.15) is 50.6 Å². The second-order valence-electron chi connectivity index (χ2n) is 10.8. The minimum atomic E-state index is -3.08. The van der Waals surface area contributed by atoms with Gasteiger partial charge in [-0.1, -0.05) is 36.9 Å². The lowest BCUT2D eigenvalue weighted by Gasteiger charge is -2.68. The van der Waals surface area contributed by atoms with E-state index in [-0.39, 0.29) is 11.7 Å². The van der Waals surface area contributed by atoms with Crippen molar-refractivity contribution in [2.75, 3.05) is 37.4 Å². The summed E-state index contributed by atoms with van der Waals surface area (Å²) in [6, 6.07) is 15.6. The first kappa shape index (κ1) is 22.4. The zero-order valence-electron chi connectivity index (χ0n) is 18.6. The van der Waals surface area contributed by atoms with Gasteiger partial charge in [0, 0.05) is 5.56 Å². The predicted octanol–water partition coefficient (Wildman–Crippen LogP) is 5.68. The van der Waals surface area contributed by atoms with Gasteiger partial charge >= 0.3 is 5.97 Å². The van der Waals surface area contributed by atoms with E-state index in [2.05, 4.69) is 55.9 Å². The molecule has 1 aliphatic carbocycles. The first-order chi connectivity index (χ1) is 13.9. The van der Waals surface area contributed by atoms with Crippen LogP contribution in [0.4, 0.5) is 0 Å². The number of benzene rings is 2. The van der Waals surface area contributed by atoms with Crippen LogP contribution in [-0.4, -0.2) is 48.5 Å². The maximum Gasteiger partial charge on any atom is 0.338 e. The van der Waals surface area contributed by atoms with Gasteiger partial charge in [0.1, 0.15) is 6.61 Å². The average molecular weight is 427 g/mol. The minimum Gasteiger partial charge on any atom is -0.458 e. The van der Waals surface area contributed by atoms with E-state index in [0.717, 1.165) is 18.6 Å². The highest BCUT2D eigenvalue weighted by molar-refractivity contribution is 8.72. The summed E-state index contributed by atoms with van der Waals surface area (Å²) in [5, 5.41) is 0.198. The quantitative estimate of drug-likeness (QED) is 0.440. The fourth-order valence-corrected chi connectivity index (χ4v) is 8.08. The Labute approximate surface area is 179 Å². The Morgan fingerprint density at radius 3 is 2.33 bits per heavy atom. The van der Waals surface area contributed by atoms with E-state index in [1.54, 1.807) is 24.3 Å². The van der Waals surface area contributed by atoms with E-state index in [1.165, 1.54) is 23.6 Å². The second kappa shape index (κ2) is 7.42. The number of carbonyl (C=O) groups excluding carboxylic acids is 2. The molecule has 4 heteroatoms. The van der Waals surface area contributed by atoms with Crippen LogP contribution in [0.2, 0.25) is 0 Å². The number of esters is 1. The molecule has 2 aromatic rings. The molecule has 1 atom stereocenters. The number of ether oxygens (including phenoxy) is 1. The van der Waals surface area contributed by atoms with E-state index in [1.807, 2.05) is 0 Å². The predicted molar refractivity (Wildman–Crippen MR) is 130 cm³/mol. The lowest BCUT2D eigenvalue weighted by Crippen LogP contribution is -2.44. The summed E-state index contributed by atoms with van der Waals surface area (Å²) in [6.07, 6.45) is 13.7. The molecule has 1 unspecified atom stereocenters. The Kier molecular flexibility index (Phi) is 5.53. The minimum absolute atomic E-state index is 0.174. The molecule has 1 aliphatic rings. The van der Waals surface area contributed by atoms with Gasteiger partial charge < -0.3 is 4.74 Å². The largest absolute Gasteiger partial charge is 0.458 e. The normalized spacial score (nSPS) is 18.5. The SMILES string of the molecule is C=CCOC(=O)c1ccc(C(=O)S(C)(C)(C)(C)CC2CCCc3ccccc32)cc1. The van der Waals surface area contributed by atoms with Crippen molar-refractivity contribution in [2.24, 2.45) is 0 Å². The van der Waals surface area contributed by atoms with Gasteiger partial charge in [-0.3, -0.25) is 4.79 Å². The van der Waals surface area contributed by atoms with Crippen LogP contribution in [0, 0.1) is 0 Å². The van der Waals surface area contributed by atoms with Crippen LogP contribution in [-0.2, 0) is 11.2 Å². The summed E-state index contributed by atoms with van der Waals surface area (Å²) in [7, 11) is -3.08. The van der Waals surface area contributed by atoms with E-state index in [4.69, 9.17) is 4.74 Å². The van der Waals surface area contributed by atoms with Crippen LogP contribution in [0.5, 0.6) is 0 Å². The molecule has 0 radical (unpaired) electrons. The van der Waals surface area contributed by atoms with E-state index in [0.29, 0.717) is 17.0 Å². The topological polar surface area (TPSA) is 43.4 Å². The maximum atomic E-state index is 13.9. The van der Waals surface area contributed by atoms with Crippen molar-refractivity contribution in [3.8, 4) is 0 Å². The molecule has 3 rings (SSSR count). The van der Waals surface area contributed by atoms with Gasteiger partial charge in [0.15, 0.2) is 5.12 Å². The first-order valence-electron chi connectivity index (χ1n) is 10.5. The summed E-state index contributed by atoms with van der Waals surface area (Å²) >= 11 is 0. The molecule has 0 bridgehead atoms. The number of hydrogen-bond donors (Lipinski definition) is 0. The van der Waals surface area contributed by atoms with E-state index in [9.17, 15) is 9.59 Å². The number of hydrogen-bond acceptors (Lipinski definition) is 3. The molecule has 0 spiro atoms. The van der Waals surface area contributed by atoms with Gasteiger partial charge in [0.25, 0.3) is 0 Å². The van der Waals surface area contributed by atoms with Crippen LogP contribution >= 0.6 is 8.29 Å². The molecule has 162 valence electrons. The van der Waals surface area contributed by atoms with Gasteiger partial charge in [-0.15, -0.1) is 0 Å². The zero-order valence-corrected chi connectivity index (χ0v) is 19.5. The third-order valence-electron chi connectivity index (χ3n) is 6.01. The highest BCUT2D eigenvalue weighted by atomic mass is 32.4. The smallest absolute Gasteiger partial charge is 0.338 e. The Balaban J connectivity index is 1.88. The molecule has 0 saturated carbocycles. The zero-order chi connectivity index (χ0) is 22.1. The standard InChI is InChI=1S/C26H34O3S/c1-6-18-29-25(27)21-14-16-22(17-15-21)26(28)30(2,3,4,5)19-23-12-9-11-20-10-7-8-13-24(20)23/h6-8,10,13-17,23H,1,9,11-12,18-19H2,2-5H3. The third kappa shape index (κ3) is 4.70. The number of fused-ring (bicyclic) bond motifs is 1. The molecule has 0 aliphatic heterocycles. The summed E-state index contributed by atoms with van der Waals surface area (Å²) < 4.78 is 5.08. The Bertz CT molecular complexity index is 980. The van der Waals surface area contributed by atoms with Gasteiger partial charge in [0.05, 0.1) is 5.56 Å². The highest BCUT2D eigenvalue weighted by Gasteiger charge is 2.52. The van der Waals surface area contributed by atoms with Gasteiger partial charge in [-0.2, -0.15) is 0 Å². The first-order valence-corrected chi connectivity index (χ1v) is 14.7. The fourth-order valence-electron chi connectivity index (χ4n) is 4.52. The molecule has 0 heterocycles. The molecule has 2 aromatic carbocycles. The van der Waals surface area contributed by atoms with Crippen molar-refractivity contribution in [2.45, 2.75) is 25.2 Å². The Morgan fingerprint density at radius 1 is 1.03 bits per heavy atom. The summed E-state index contributed by atoms with van der Waals surface area (Å²) in [5.41, 5.74) is 3.95. The monoisotopic (exact) mass is 426 g/mol. The van der Waals surface area contributed by atoms with Gasteiger partial charge in [-0.25, -0.2) is 13.1 Å². The molecule has 0 saturated heterocycles. The van der Waals surface area contributed by atoms with Crippen LogP contribution < -0.4 is 0 Å². The Hall–Kier alpha value is -2.33. The second-order valence-corrected chi connectivity index (χ2v) is 20.6. The van der Waals surface area contributed by atoms with Crippen LogP contribution in [0.15, 0.2) is 61.2 Å². The summed E-state index contributed by atoms with van der Waals surface area (Å²) in [6.45, 7) is 3.72. The molecule has 0 aromatic heterocycles. The van der Waals surface area contributed by atoms with Crippen molar-refractivity contribution in [3.05, 3.63) is 83.4 Å². The van der Waals surface area contributed by atoms with Crippen molar-refractivity contribution in [3.63, 3.8) is 0 Å². The molecule has 0 fully saturated rings. The number of rotatable bonds is 6. The molecular formula is C26H34O3S. The highest BCUT2D eigenvalue weighted by Crippen LogP contribution is 2.81. The summed E-state index contributed by atoms with van der Waals surface area (Å²) in [5.74, 6) is 0.873. The Morgan fingerprint density at radius 2 is 1.67 bits per heavy atom. The molecule has 3 nitrogen and oxygen atoms in total. The van der Waals surface area contributed by atoms with Crippen LogP contribution in [0.25, 0.3) is 0 Å². The lowest BCUT2D eigenvalue weighted by atomic mass is 9.84. The lowest BCUT2D eigenvalue weighted by molar-refractivity contribution is 0.0549. The number of aryl methyl sites for hydroxylation is 1. The van der Waals surface area contributed by atoms with Crippen molar-refractivity contribution in [1.29, 1.82) is 0 Å². The fraction of sp³-hybridized carbons (Fsp3) is 0.385. The molecule has 30 heavy (non-hydrogen) atoms. The maximum absolute atomic E-state index is 13.9. The summed E-state index contributed by atoms with van der Waals surface area (Å²) in [4.78, 5) is 25.9. The number of carbonyl (C=O) groups is 2. The van der Waals surface area contributed by atoms with Crippen molar-refractivity contribution < 1.29 is 14.3 Å². The molecular weight excluding hydrogens is 392 g/mol. The third-order valence-corrected chi connectivity index (χ3v) is 9.89. The van der Waals surface area contributed by atoms with E-state index < -0.39 is 14.3 Å². The van der Waals surface area contributed by atoms with Gasteiger partial charge in [-0.05, 0) is 91.3 Å². The average Bonchev–Trinajstić information content (AvgIpc) is 2.71. The van der Waals surface area contributed by atoms with Crippen molar-refractivity contribution >= 4 is 19.4 Å². The molecule has 0 amide bonds. The van der Waals surface area contributed by atoms with Crippen molar-refractivity contribution in [1.82, 2.24) is 0 Å². The van der Waals surface area contributed by atoms with E-state index >= 15 is 0 Å². The van der Waals surface area contributed by atoms with Gasteiger partial charge in [0.2, 0.25) is 0 Å². The molecule has 0 N–H and O–H groups in total. The van der Waals surface area contributed by atoms with Crippen LogP contribution in [0.3, 0.4) is 0 Å².